The lowest BCUT2D eigenvalue weighted by molar-refractivity contribution is 0.910. The lowest BCUT2D eigenvalue weighted by atomic mass is 10.3. The lowest BCUT2D eigenvalue weighted by Gasteiger charge is -1.98. The van der Waals surface area contributed by atoms with Gasteiger partial charge in [-0.25, -0.2) is 9.50 Å². The van der Waals surface area contributed by atoms with E-state index in [2.05, 4.69) is 26.0 Å². The van der Waals surface area contributed by atoms with Crippen molar-refractivity contribution >= 4 is 32.9 Å². The molecule has 0 atom stereocenters. The molecule has 3 rings (SSSR count). The molecule has 3 heterocycles. The van der Waals surface area contributed by atoms with Crippen LogP contribution in [0.4, 0.5) is 0 Å². The molecule has 3 aromatic heterocycles. The summed E-state index contributed by atoms with van der Waals surface area (Å²) in [7, 11) is 0. The van der Waals surface area contributed by atoms with E-state index in [4.69, 9.17) is 5.73 Å². The Balaban J connectivity index is 2.22. The number of halogens is 1. The Morgan fingerprint density at radius 2 is 2.24 bits per heavy atom. The zero-order valence-corrected chi connectivity index (χ0v) is 11.2. The monoisotopic (exact) mass is 308 g/mol. The summed E-state index contributed by atoms with van der Waals surface area (Å²) in [5.41, 5.74) is 8.18. The summed E-state index contributed by atoms with van der Waals surface area (Å²) in [5, 5.41) is 6.59. The van der Waals surface area contributed by atoms with Gasteiger partial charge in [-0.3, -0.25) is 0 Å². The van der Waals surface area contributed by atoms with Gasteiger partial charge in [-0.2, -0.15) is 5.10 Å². The van der Waals surface area contributed by atoms with Crippen LogP contribution in [0, 0.1) is 0 Å². The summed E-state index contributed by atoms with van der Waals surface area (Å²) >= 11 is 5.14. The number of hydrogen-bond donors (Lipinski definition) is 1. The number of nitrogens with two attached hydrogens (primary N) is 1. The Kier molecular flexibility index (Phi) is 2.70. The van der Waals surface area contributed by atoms with Crippen LogP contribution in [0.3, 0.4) is 0 Å². The molecule has 0 aliphatic carbocycles. The summed E-state index contributed by atoms with van der Waals surface area (Å²) in [5.74, 6) is 0. The van der Waals surface area contributed by atoms with E-state index < -0.39 is 0 Å². The molecule has 0 aliphatic rings. The van der Waals surface area contributed by atoms with Crippen LogP contribution in [-0.4, -0.2) is 14.6 Å². The van der Waals surface area contributed by atoms with Gasteiger partial charge in [0.05, 0.1) is 10.6 Å². The second-order valence-corrected chi connectivity index (χ2v) is 5.22. The van der Waals surface area contributed by atoms with Crippen LogP contribution in [0.15, 0.2) is 34.2 Å². The Morgan fingerprint density at radius 1 is 1.35 bits per heavy atom. The minimum atomic E-state index is 0.401. The molecule has 0 spiro atoms. The van der Waals surface area contributed by atoms with Gasteiger partial charge in [-0.1, -0.05) is 6.07 Å². The molecule has 0 aliphatic heterocycles. The van der Waals surface area contributed by atoms with Crippen molar-refractivity contribution in [1.29, 1.82) is 0 Å². The van der Waals surface area contributed by atoms with Gasteiger partial charge in [0, 0.05) is 6.54 Å². The zero-order valence-electron chi connectivity index (χ0n) is 8.80. The van der Waals surface area contributed by atoms with E-state index >= 15 is 0 Å². The third-order valence-corrected chi connectivity index (χ3v) is 4.14. The van der Waals surface area contributed by atoms with Crippen LogP contribution in [0.1, 0.15) is 5.69 Å². The Hall–Kier alpha value is -1.24. The van der Waals surface area contributed by atoms with Gasteiger partial charge in [-0.15, -0.1) is 11.3 Å². The second-order valence-electron chi connectivity index (χ2n) is 3.52. The maximum atomic E-state index is 5.62. The van der Waals surface area contributed by atoms with E-state index in [0.717, 1.165) is 26.5 Å². The molecule has 0 saturated carbocycles. The van der Waals surface area contributed by atoms with E-state index in [0.29, 0.717) is 6.54 Å². The van der Waals surface area contributed by atoms with Crippen molar-refractivity contribution in [1.82, 2.24) is 14.6 Å². The van der Waals surface area contributed by atoms with Crippen molar-refractivity contribution in [2.45, 2.75) is 6.54 Å². The number of aromatic nitrogens is 3. The highest BCUT2D eigenvalue weighted by molar-refractivity contribution is 9.10. The fraction of sp³-hybridized carbons (Fsp3) is 0.0909. The van der Waals surface area contributed by atoms with Crippen LogP contribution < -0.4 is 5.73 Å². The molecule has 0 radical (unpaired) electrons. The molecule has 0 amide bonds. The first kappa shape index (κ1) is 10.9. The first-order valence-electron chi connectivity index (χ1n) is 5.07. The van der Waals surface area contributed by atoms with Gasteiger partial charge >= 0.3 is 0 Å². The summed E-state index contributed by atoms with van der Waals surface area (Å²) in [6.45, 7) is 0.401. The van der Waals surface area contributed by atoms with Crippen molar-refractivity contribution in [2.75, 3.05) is 0 Å². The molecular formula is C11H9BrN4S. The molecule has 0 unspecified atom stereocenters. The number of nitrogens with zero attached hydrogens (tertiary/aromatic N) is 3. The second kappa shape index (κ2) is 4.21. The summed E-state index contributed by atoms with van der Waals surface area (Å²) < 4.78 is 2.60. The molecule has 4 nitrogen and oxygen atoms in total. The molecule has 6 heteroatoms. The number of hydrogen-bond acceptors (Lipinski definition) is 4. The predicted octanol–water partition coefficient (Wildman–Crippen LogP) is 2.68. The van der Waals surface area contributed by atoms with Crippen molar-refractivity contribution < 1.29 is 0 Å². The number of thiophene rings is 1. The minimum Gasteiger partial charge on any atom is -0.325 e. The minimum absolute atomic E-state index is 0.401. The zero-order chi connectivity index (χ0) is 11.8. The maximum Gasteiger partial charge on any atom is 0.155 e. The Bertz CT molecular complexity index is 659. The van der Waals surface area contributed by atoms with Crippen molar-refractivity contribution in [3.05, 3.63) is 39.9 Å². The molecule has 2 N–H and O–H groups in total. The largest absolute Gasteiger partial charge is 0.325 e. The predicted molar refractivity (Wildman–Crippen MR) is 71.9 cm³/mol. The first-order valence-corrected chi connectivity index (χ1v) is 6.75. The van der Waals surface area contributed by atoms with E-state index in [1.807, 2.05) is 29.6 Å². The van der Waals surface area contributed by atoms with Crippen molar-refractivity contribution in [3.63, 3.8) is 0 Å². The number of imidazole rings is 1. The average molecular weight is 309 g/mol. The number of rotatable bonds is 2. The maximum absolute atomic E-state index is 5.62. The molecule has 0 saturated heterocycles. The molecule has 86 valence electrons. The van der Waals surface area contributed by atoms with Crippen LogP contribution in [0.5, 0.6) is 0 Å². The standard InChI is InChI=1S/C11H9BrN4S/c12-11-8(6-13)14-10-4-3-7(15-16(10)11)9-2-1-5-17-9/h1-5H,6,13H2. The van der Waals surface area contributed by atoms with Gasteiger partial charge in [0.15, 0.2) is 5.65 Å². The quantitative estimate of drug-likeness (QED) is 0.792. The molecule has 0 fully saturated rings. The van der Waals surface area contributed by atoms with Gasteiger partial charge in [0.25, 0.3) is 0 Å². The van der Waals surface area contributed by atoms with Crippen LogP contribution in [0.25, 0.3) is 16.2 Å². The summed E-state index contributed by atoms with van der Waals surface area (Å²) in [6.07, 6.45) is 0. The van der Waals surface area contributed by atoms with Gasteiger partial charge in [0.1, 0.15) is 10.3 Å². The Labute approximate surface area is 110 Å². The molecule has 0 aromatic carbocycles. The van der Waals surface area contributed by atoms with Crippen molar-refractivity contribution in [2.24, 2.45) is 5.73 Å². The van der Waals surface area contributed by atoms with Crippen LogP contribution >= 0.6 is 27.3 Å². The fourth-order valence-corrected chi connectivity index (χ4v) is 2.84. The average Bonchev–Trinajstić information content (AvgIpc) is 2.97. The van der Waals surface area contributed by atoms with Crippen LogP contribution in [0.2, 0.25) is 0 Å². The highest BCUT2D eigenvalue weighted by Gasteiger charge is 2.10. The SMILES string of the molecule is NCc1nc2ccc(-c3cccs3)nn2c1Br. The topological polar surface area (TPSA) is 56.2 Å². The normalized spacial score (nSPS) is 11.2. The summed E-state index contributed by atoms with van der Waals surface area (Å²) in [4.78, 5) is 5.53. The van der Waals surface area contributed by atoms with E-state index in [1.165, 1.54) is 0 Å². The summed E-state index contributed by atoms with van der Waals surface area (Å²) in [6, 6.07) is 7.99. The van der Waals surface area contributed by atoms with E-state index in [9.17, 15) is 0 Å². The van der Waals surface area contributed by atoms with Crippen molar-refractivity contribution in [3.8, 4) is 10.6 Å². The fourth-order valence-electron chi connectivity index (χ4n) is 1.64. The van der Waals surface area contributed by atoms with Gasteiger partial charge < -0.3 is 5.73 Å². The number of fused-ring (bicyclic) bond motifs is 1. The van der Waals surface area contributed by atoms with E-state index in [-0.39, 0.29) is 0 Å². The highest BCUT2D eigenvalue weighted by Crippen LogP contribution is 2.24. The molecule has 3 aromatic rings. The third kappa shape index (κ3) is 1.78. The smallest absolute Gasteiger partial charge is 0.155 e. The van der Waals surface area contributed by atoms with Crippen LogP contribution in [-0.2, 0) is 6.54 Å². The molecular weight excluding hydrogens is 300 g/mol. The van der Waals surface area contributed by atoms with Gasteiger partial charge in [0.2, 0.25) is 0 Å². The van der Waals surface area contributed by atoms with E-state index in [1.54, 1.807) is 15.9 Å². The molecule has 0 bridgehead atoms. The molecule has 17 heavy (non-hydrogen) atoms. The first-order chi connectivity index (χ1) is 8.29. The third-order valence-electron chi connectivity index (χ3n) is 2.46. The highest BCUT2D eigenvalue weighted by atomic mass is 79.9. The lowest BCUT2D eigenvalue weighted by Crippen LogP contribution is -1.98. The Morgan fingerprint density at radius 3 is 2.94 bits per heavy atom. The van der Waals surface area contributed by atoms with Gasteiger partial charge in [-0.05, 0) is 39.5 Å².